The van der Waals surface area contributed by atoms with E-state index in [2.05, 4.69) is 16.0 Å². The van der Waals surface area contributed by atoms with Gasteiger partial charge in [-0.3, -0.25) is 14.9 Å². The van der Waals surface area contributed by atoms with E-state index in [0.717, 1.165) is 16.8 Å². The number of halogens is 1. The minimum atomic E-state index is -0.617. The Morgan fingerprint density at radius 3 is 2.81 bits per heavy atom. The summed E-state index contributed by atoms with van der Waals surface area (Å²) in [6, 6.07) is 8.68. The van der Waals surface area contributed by atoms with Gasteiger partial charge in [-0.15, -0.1) is 0 Å². The van der Waals surface area contributed by atoms with Crippen molar-refractivity contribution in [2.24, 2.45) is 0 Å². The summed E-state index contributed by atoms with van der Waals surface area (Å²) < 4.78 is 0. The van der Waals surface area contributed by atoms with Crippen molar-refractivity contribution in [3.63, 3.8) is 0 Å². The van der Waals surface area contributed by atoms with Crippen molar-refractivity contribution in [3.8, 4) is 0 Å². The average Bonchev–Trinajstić information content (AvgIpc) is 2.95. The molecule has 1 atom stereocenters. The van der Waals surface area contributed by atoms with E-state index < -0.39 is 11.0 Å². The number of anilines is 2. The molecule has 2 aromatic rings. The summed E-state index contributed by atoms with van der Waals surface area (Å²) in [5, 5.41) is 18.9. The number of carbonyl (C=O) groups is 2. The summed E-state index contributed by atoms with van der Waals surface area (Å²) in [5.41, 5.74) is 2.49. The molecule has 0 spiro atoms. The minimum absolute atomic E-state index is 0.00405. The van der Waals surface area contributed by atoms with Gasteiger partial charge in [0.05, 0.1) is 17.4 Å². The number of nitro groups is 1. The molecule has 3 N–H and O–H groups in total. The second-order valence-electron chi connectivity index (χ2n) is 5.88. The lowest BCUT2D eigenvalue weighted by Gasteiger charge is -2.16. The van der Waals surface area contributed by atoms with E-state index in [-0.39, 0.29) is 28.3 Å². The Morgan fingerprint density at radius 1 is 1.31 bits per heavy atom. The Morgan fingerprint density at radius 2 is 2.08 bits per heavy atom. The standard InChI is InChI=1S/C17H15ClN4O4/c1-9(10-2-5-14-11(6-10)7-16(23)21-14)19-17(24)20-12-3-4-13(18)15(8-12)22(25)26/h2-6,8-9H,7H2,1H3,(H,21,23)(H2,19,20,24)/t9-/m1/s1. The van der Waals surface area contributed by atoms with Gasteiger partial charge in [0.2, 0.25) is 5.91 Å². The molecule has 1 aliphatic heterocycles. The van der Waals surface area contributed by atoms with Crippen LogP contribution in [0.3, 0.4) is 0 Å². The van der Waals surface area contributed by atoms with Crippen molar-refractivity contribution in [2.45, 2.75) is 19.4 Å². The number of hydrogen-bond acceptors (Lipinski definition) is 4. The SMILES string of the molecule is C[C@@H](NC(=O)Nc1ccc(Cl)c([N+](=O)[O-])c1)c1ccc2c(c1)CC(=O)N2. The Balaban J connectivity index is 1.67. The number of urea groups is 1. The van der Waals surface area contributed by atoms with Crippen LogP contribution in [0.4, 0.5) is 21.9 Å². The lowest BCUT2D eigenvalue weighted by Crippen LogP contribution is -2.31. The number of nitrogens with zero attached hydrogens (tertiary/aromatic N) is 1. The van der Waals surface area contributed by atoms with Gasteiger partial charge in [0.25, 0.3) is 5.69 Å². The van der Waals surface area contributed by atoms with E-state index in [1.54, 1.807) is 13.0 Å². The van der Waals surface area contributed by atoms with E-state index in [0.29, 0.717) is 6.42 Å². The first-order chi connectivity index (χ1) is 12.3. The molecule has 26 heavy (non-hydrogen) atoms. The predicted octanol–water partition coefficient (Wildman–Crippen LogP) is 3.63. The van der Waals surface area contributed by atoms with Crippen molar-refractivity contribution >= 4 is 40.6 Å². The molecule has 0 bridgehead atoms. The van der Waals surface area contributed by atoms with Crippen molar-refractivity contribution in [1.29, 1.82) is 0 Å². The third kappa shape index (κ3) is 3.75. The fourth-order valence-electron chi connectivity index (χ4n) is 2.70. The first-order valence-corrected chi connectivity index (χ1v) is 8.15. The van der Waals surface area contributed by atoms with Crippen molar-refractivity contribution in [2.75, 3.05) is 10.6 Å². The summed E-state index contributed by atoms with van der Waals surface area (Å²) in [7, 11) is 0. The van der Waals surface area contributed by atoms with Gasteiger partial charge in [0.1, 0.15) is 5.02 Å². The molecule has 134 valence electrons. The molecule has 0 unspecified atom stereocenters. The molecule has 9 heteroatoms. The lowest BCUT2D eigenvalue weighted by atomic mass is 10.0. The number of nitro benzene ring substituents is 1. The molecule has 0 aliphatic carbocycles. The monoisotopic (exact) mass is 374 g/mol. The number of rotatable bonds is 4. The van der Waals surface area contributed by atoms with Crippen LogP contribution in [-0.2, 0) is 11.2 Å². The number of carbonyl (C=O) groups excluding carboxylic acids is 2. The highest BCUT2D eigenvalue weighted by molar-refractivity contribution is 6.32. The number of fused-ring (bicyclic) bond motifs is 1. The Bertz CT molecular complexity index is 916. The molecule has 0 aromatic heterocycles. The second kappa shape index (κ2) is 7.01. The Hall–Kier alpha value is -3.13. The molecule has 8 nitrogen and oxygen atoms in total. The van der Waals surface area contributed by atoms with Crippen LogP contribution in [-0.4, -0.2) is 16.9 Å². The van der Waals surface area contributed by atoms with Gasteiger partial charge < -0.3 is 16.0 Å². The maximum absolute atomic E-state index is 12.2. The number of amides is 3. The van der Waals surface area contributed by atoms with Crippen LogP contribution < -0.4 is 16.0 Å². The van der Waals surface area contributed by atoms with Gasteiger partial charge in [-0.05, 0) is 36.2 Å². The molecule has 1 heterocycles. The zero-order chi connectivity index (χ0) is 18.8. The van der Waals surface area contributed by atoms with Gasteiger partial charge in [-0.25, -0.2) is 4.79 Å². The maximum Gasteiger partial charge on any atom is 0.319 e. The van der Waals surface area contributed by atoms with E-state index in [1.165, 1.54) is 18.2 Å². The van der Waals surface area contributed by atoms with E-state index in [1.807, 2.05) is 12.1 Å². The fraction of sp³-hybridized carbons (Fsp3) is 0.176. The van der Waals surface area contributed by atoms with Crippen LogP contribution in [0, 0.1) is 10.1 Å². The average molecular weight is 375 g/mol. The molecule has 0 radical (unpaired) electrons. The van der Waals surface area contributed by atoms with Gasteiger partial charge in [0.15, 0.2) is 0 Å². The zero-order valence-electron chi connectivity index (χ0n) is 13.7. The molecule has 3 amide bonds. The van der Waals surface area contributed by atoms with Crippen molar-refractivity contribution in [1.82, 2.24) is 5.32 Å². The quantitative estimate of drug-likeness (QED) is 0.560. The van der Waals surface area contributed by atoms with Crippen molar-refractivity contribution in [3.05, 3.63) is 62.7 Å². The summed E-state index contributed by atoms with van der Waals surface area (Å²) in [6.45, 7) is 1.80. The van der Waals surface area contributed by atoms with Crippen LogP contribution in [0.5, 0.6) is 0 Å². The third-order valence-corrected chi connectivity index (χ3v) is 4.32. The smallest absolute Gasteiger partial charge is 0.319 e. The highest BCUT2D eigenvalue weighted by atomic mass is 35.5. The number of benzene rings is 2. The predicted molar refractivity (Wildman–Crippen MR) is 97.5 cm³/mol. The Kier molecular flexibility index (Phi) is 4.77. The fourth-order valence-corrected chi connectivity index (χ4v) is 2.88. The summed E-state index contributed by atoms with van der Waals surface area (Å²) in [4.78, 5) is 33.9. The molecule has 0 fully saturated rings. The molecule has 1 aliphatic rings. The van der Waals surface area contributed by atoms with Crippen LogP contribution in [0.1, 0.15) is 24.1 Å². The van der Waals surface area contributed by atoms with Crippen LogP contribution in [0.15, 0.2) is 36.4 Å². The molecular formula is C17H15ClN4O4. The number of hydrogen-bond donors (Lipinski definition) is 3. The zero-order valence-corrected chi connectivity index (χ0v) is 14.5. The molecule has 3 rings (SSSR count). The largest absolute Gasteiger partial charge is 0.331 e. The first-order valence-electron chi connectivity index (χ1n) is 7.77. The molecule has 2 aromatic carbocycles. The first kappa shape index (κ1) is 17.7. The Labute approximate surface area is 153 Å². The highest BCUT2D eigenvalue weighted by Gasteiger charge is 2.20. The van der Waals surface area contributed by atoms with Gasteiger partial charge in [0, 0.05) is 17.4 Å². The van der Waals surface area contributed by atoms with Crippen molar-refractivity contribution < 1.29 is 14.5 Å². The lowest BCUT2D eigenvalue weighted by molar-refractivity contribution is -0.384. The van der Waals surface area contributed by atoms with Gasteiger partial charge in [-0.2, -0.15) is 0 Å². The number of nitrogens with one attached hydrogen (secondary N) is 3. The van der Waals surface area contributed by atoms with Gasteiger partial charge >= 0.3 is 6.03 Å². The van der Waals surface area contributed by atoms with E-state index >= 15 is 0 Å². The molecular weight excluding hydrogens is 360 g/mol. The normalized spacial score (nSPS) is 13.5. The third-order valence-electron chi connectivity index (χ3n) is 4.00. The topological polar surface area (TPSA) is 113 Å². The van der Waals surface area contributed by atoms with Crippen LogP contribution in [0.25, 0.3) is 0 Å². The molecule has 0 saturated carbocycles. The molecule has 0 saturated heterocycles. The van der Waals surface area contributed by atoms with Crippen LogP contribution in [0.2, 0.25) is 5.02 Å². The maximum atomic E-state index is 12.2. The highest BCUT2D eigenvalue weighted by Crippen LogP contribution is 2.28. The van der Waals surface area contributed by atoms with Gasteiger partial charge in [-0.1, -0.05) is 23.7 Å². The summed E-state index contributed by atoms with van der Waals surface area (Å²) in [5.74, 6) is -0.0557. The second-order valence-corrected chi connectivity index (χ2v) is 6.29. The summed E-state index contributed by atoms with van der Waals surface area (Å²) >= 11 is 5.75. The van der Waals surface area contributed by atoms with Crippen LogP contribution >= 0.6 is 11.6 Å². The van der Waals surface area contributed by atoms with E-state index in [9.17, 15) is 19.7 Å². The minimum Gasteiger partial charge on any atom is -0.331 e. The summed E-state index contributed by atoms with van der Waals surface area (Å²) in [6.07, 6.45) is 0.316. The van der Waals surface area contributed by atoms with E-state index in [4.69, 9.17) is 11.6 Å².